The lowest BCUT2D eigenvalue weighted by molar-refractivity contribution is -0.341. The van der Waals surface area contributed by atoms with Gasteiger partial charge in [-0.25, -0.2) is 4.79 Å². The maximum atomic E-state index is 10.4. The molecule has 92 valence electrons. The largest absolute Gasteiger partial charge is 0.790 e. The second-order valence-corrected chi connectivity index (χ2v) is 3.16. The molecule has 0 atom stereocenters. The highest BCUT2D eigenvalue weighted by atomic mass is 31.2. The second-order valence-electron chi connectivity index (χ2n) is 2.01. The molecule has 0 saturated carbocycles. The van der Waals surface area contributed by atoms with Gasteiger partial charge in [0, 0.05) is 12.5 Å². The number of quaternary nitrogens is 2. The molecule has 8 nitrogen and oxygen atoms in total. The standard InChI is InChI=1S/C6H11O6P.2H3N/c1-2-6(7)11-4-3-5-12-13(8,9)10;;/h2H,1,3-5H2,(H2,8,9,10);2*1H3. The smallest absolute Gasteiger partial charge is 0.330 e. The van der Waals surface area contributed by atoms with Gasteiger partial charge in [-0.1, -0.05) is 6.58 Å². The molecule has 0 bridgehead atoms. The molecular weight excluding hydrogens is 227 g/mol. The fourth-order valence-corrected chi connectivity index (χ4v) is 0.820. The Labute approximate surface area is 87.7 Å². The molecule has 0 amide bonds. The van der Waals surface area contributed by atoms with Crippen molar-refractivity contribution in [3.8, 4) is 0 Å². The summed E-state index contributed by atoms with van der Waals surface area (Å²) in [6.45, 7) is 2.86. The lowest BCUT2D eigenvalue weighted by atomic mass is 10.5. The summed E-state index contributed by atoms with van der Waals surface area (Å²) < 4.78 is 18.3. The molecule has 15 heavy (non-hydrogen) atoms. The van der Waals surface area contributed by atoms with Gasteiger partial charge in [-0.05, 0) is 0 Å². The van der Waals surface area contributed by atoms with Crippen molar-refractivity contribution >= 4 is 13.8 Å². The van der Waals surface area contributed by atoms with E-state index in [1.54, 1.807) is 0 Å². The van der Waals surface area contributed by atoms with E-state index in [2.05, 4.69) is 15.8 Å². The lowest BCUT2D eigenvalue weighted by Gasteiger charge is -2.28. The van der Waals surface area contributed by atoms with E-state index in [4.69, 9.17) is 0 Å². The van der Waals surface area contributed by atoms with E-state index >= 15 is 0 Å². The van der Waals surface area contributed by atoms with Crippen molar-refractivity contribution in [1.29, 1.82) is 0 Å². The molecule has 0 aromatic heterocycles. The number of esters is 1. The first-order valence-corrected chi connectivity index (χ1v) is 4.87. The van der Waals surface area contributed by atoms with Gasteiger partial charge in [0.05, 0.1) is 21.0 Å². The van der Waals surface area contributed by atoms with Crippen LogP contribution in [0.5, 0.6) is 0 Å². The Hall–Kier alpha value is -0.760. The molecule has 0 heterocycles. The molecule has 0 fully saturated rings. The highest BCUT2D eigenvalue weighted by Gasteiger charge is 1.95. The number of hydrogen-bond acceptors (Lipinski definition) is 6. The van der Waals surface area contributed by atoms with E-state index in [0.29, 0.717) is 0 Å². The highest BCUT2D eigenvalue weighted by molar-refractivity contribution is 7.43. The van der Waals surface area contributed by atoms with E-state index in [1.165, 1.54) is 0 Å². The van der Waals surface area contributed by atoms with Crippen LogP contribution in [0.3, 0.4) is 0 Å². The van der Waals surface area contributed by atoms with Crippen LogP contribution in [0, 0.1) is 0 Å². The number of carbonyl (C=O) groups is 1. The summed E-state index contributed by atoms with van der Waals surface area (Å²) in [6, 6.07) is 0. The Morgan fingerprint density at radius 2 is 1.87 bits per heavy atom. The molecule has 8 N–H and O–H groups in total. The number of phosphoric acid groups is 1. The van der Waals surface area contributed by atoms with Crippen molar-refractivity contribution in [3.05, 3.63) is 12.7 Å². The van der Waals surface area contributed by atoms with Crippen LogP contribution in [0.25, 0.3) is 0 Å². The van der Waals surface area contributed by atoms with Crippen LogP contribution >= 0.6 is 7.82 Å². The van der Waals surface area contributed by atoms with Gasteiger partial charge < -0.3 is 35.9 Å². The quantitative estimate of drug-likeness (QED) is 0.281. The number of ether oxygens (including phenoxy) is 1. The van der Waals surface area contributed by atoms with Gasteiger partial charge in [0.15, 0.2) is 0 Å². The predicted molar refractivity (Wildman–Crippen MR) is 51.3 cm³/mol. The number of rotatable bonds is 6. The minimum atomic E-state index is -4.90. The maximum absolute atomic E-state index is 10.4. The lowest BCUT2D eigenvalue weighted by Crippen LogP contribution is -2.17. The van der Waals surface area contributed by atoms with Gasteiger partial charge in [-0.15, -0.1) is 0 Å². The second kappa shape index (κ2) is 9.78. The van der Waals surface area contributed by atoms with Gasteiger partial charge in [0.25, 0.3) is 0 Å². The van der Waals surface area contributed by atoms with Crippen LogP contribution in [0.15, 0.2) is 12.7 Å². The van der Waals surface area contributed by atoms with Gasteiger partial charge in [-0.3, -0.25) is 0 Å². The SMILES string of the molecule is C=CC(=O)OCCCOP(=O)([O-])[O-].[NH4+].[NH4+]. The Morgan fingerprint density at radius 1 is 1.33 bits per heavy atom. The van der Waals surface area contributed by atoms with Crippen LogP contribution in [0.1, 0.15) is 6.42 Å². The van der Waals surface area contributed by atoms with Crippen molar-refractivity contribution in [2.24, 2.45) is 0 Å². The van der Waals surface area contributed by atoms with E-state index in [1.807, 2.05) is 0 Å². The summed E-state index contributed by atoms with van der Waals surface area (Å²) in [4.78, 5) is 30.2. The minimum absolute atomic E-state index is 0. The molecule has 0 aliphatic rings. The summed E-state index contributed by atoms with van der Waals surface area (Å²) >= 11 is 0. The monoisotopic (exact) mass is 244 g/mol. The van der Waals surface area contributed by atoms with Crippen molar-refractivity contribution in [2.75, 3.05) is 13.2 Å². The number of carbonyl (C=O) groups excluding carboxylic acids is 1. The molecule has 0 aromatic carbocycles. The van der Waals surface area contributed by atoms with E-state index in [9.17, 15) is 19.1 Å². The van der Waals surface area contributed by atoms with Gasteiger partial charge in [0.1, 0.15) is 0 Å². The van der Waals surface area contributed by atoms with Crippen LogP contribution < -0.4 is 22.1 Å². The van der Waals surface area contributed by atoms with E-state index < -0.39 is 13.8 Å². The van der Waals surface area contributed by atoms with Crippen molar-refractivity contribution < 1.29 is 28.4 Å². The molecule has 0 aromatic rings. The molecular formula is C6H17N2O6P. The average molecular weight is 244 g/mol. The molecule has 9 heteroatoms. The number of phosphoric ester groups is 1. The van der Waals surface area contributed by atoms with Crippen LogP contribution in [0.4, 0.5) is 0 Å². The first-order chi connectivity index (χ1) is 5.95. The summed E-state index contributed by atoms with van der Waals surface area (Å²) in [7, 11) is -4.90. The maximum Gasteiger partial charge on any atom is 0.330 e. The van der Waals surface area contributed by atoms with Gasteiger partial charge in [-0.2, -0.15) is 0 Å². The third-order valence-electron chi connectivity index (χ3n) is 0.949. The van der Waals surface area contributed by atoms with Crippen molar-refractivity contribution in [1.82, 2.24) is 12.3 Å². The normalized spacial score (nSPS) is 9.47. The molecule has 0 aliphatic carbocycles. The summed E-state index contributed by atoms with van der Waals surface area (Å²) in [6.07, 6.45) is 1.13. The van der Waals surface area contributed by atoms with Crippen LogP contribution in [-0.4, -0.2) is 19.2 Å². The fourth-order valence-electron chi connectivity index (χ4n) is 0.467. The zero-order valence-electron chi connectivity index (χ0n) is 8.80. The van der Waals surface area contributed by atoms with E-state index in [-0.39, 0.29) is 31.9 Å². The molecule has 0 rings (SSSR count). The average Bonchev–Trinajstić information content (AvgIpc) is 2.01. The number of hydrogen-bond donors (Lipinski definition) is 2. The van der Waals surface area contributed by atoms with Crippen LogP contribution in [0.2, 0.25) is 0 Å². The van der Waals surface area contributed by atoms with Crippen molar-refractivity contribution in [3.63, 3.8) is 0 Å². The molecule has 0 saturated heterocycles. The molecule has 0 aliphatic heterocycles. The predicted octanol–water partition coefficient (Wildman–Crippen LogP) is -0.297. The Morgan fingerprint density at radius 3 is 2.27 bits per heavy atom. The van der Waals surface area contributed by atoms with Crippen LogP contribution in [-0.2, 0) is 18.6 Å². The Kier molecular flexibility index (Phi) is 12.9. The minimum Gasteiger partial charge on any atom is -0.790 e. The highest BCUT2D eigenvalue weighted by Crippen LogP contribution is 2.24. The van der Waals surface area contributed by atoms with Gasteiger partial charge >= 0.3 is 5.97 Å². The van der Waals surface area contributed by atoms with Crippen molar-refractivity contribution in [2.45, 2.75) is 6.42 Å². The summed E-state index contributed by atoms with van der Waals surface area (Å²) in [5.41, 5.74) is 0. The summed E-state index contributed by atoms with van der Waals surface area (Å²) in [5, 5.41) is 0. The fraction of sp³-hybridized carbons (Fsp3) is 0.500. The zero-order valence-corrected chi connectivity index (χ0v) is 9.70. The zero-order chi connectivity index (χ0) is 10.3. The molecule has 0 unspecified atom stereocenters. The first kappa shape index (κ1) is 19.8. The van der Waals surface area contributed by atoms with E-state index in [0.717, 1.165) is 6.08 Å². The Bertz CT molecular complexity index is 228. The van der Waals surface area contributed by atoms with Gasteiger partial charge in [0.2, 0.25) is 0 Å². The Balaban J connectivity index is -0.000000720. The first-order valence-electron chi connectivity index (χ1n) is 3.41. The third kappa shape index (κ3) is 16.0. The molecule has 0 radical (unpaired) electrons. The summed E-state index contributed by atoms with van der Waals surface area (Å²) in [5.74, 6) is -0.604. The third-order valence-corrected chi connectivity index (χ3v) is 1.45. The topological polar surface area (TPSA) is 172 Å². The molecule has 0 spiro atoms.